The number of hydrogen-bond donors (Lipinski definition) is 2. The third kappa shape index (κ3) is 4.66. The van der Waals surface area contributed by atoms with Crippen molar-refractivity contribution in [2.24, 2.45) is 5.73 Å². The Hall–Kier alpha value is -2.14. The van der Waals surface area contributed by atoms with Crippen LogP contribution in [0, 0.1) is 6.92 Å². The molecule has 0 atom stereocenters. The molecule has 124 valence electrons. The summed E-state index contributed by atoms with van der Waals surface area (Å²) in [4.78, 5) is 16.5. The molecule has 0 unspecified atom stereocenters. The first-order valence-electron chi connectivity index (χ1n) is 7.81. The molecule has 0 aliphatic rings. The fourth-order valence-corrected chi connectivity index (χ4v) is 2.19. The lowest BCUT2D eigenvalue weighted by atomic mass is 9.97. The van der Waals surface area contributed by atoms with Gasteiger partial charge < -0.3 is 15.5 Å². The molecule has 0 saturated carbocycles. The Bertz CT molecular complexity index is 684. The minimum Gasteiger partial charge on any atom is -0.444 e. The molecule has 23 heavy (non-hydrogen) atoms. The van der Waals surface area contributed by atoms with Gasteiger partial charge in [-0.05, 0) is 18.1 Å². The number of aryl methyl sites for hydroxylation is 1. The summed E-state index contributed by atoms with van der Waals surface area (Å²) in [5.41, 5.74) is 8.32. The number of benzene rings is 1. The van der Waals surface area contributed by atoms with E-state index in [9.17, 15) is 4.79 Å². The van der Waals surface area contributed by atoms with Gasteiger partial charge in [0.1, 0.15) is 5.76 Å². The zero-order valence-electron chi connectivity index (χ0n) is 14.3. The van der Waals surface area contributed by atoms with Gasteiger partial charge in [-0.1, -0.05) is 45.0 Å². The molecule has 5 nitrogen and oxygen atoms in total. The number of amides is 1. The average Bonchev–Trinajstić information content (AvgIpc) is 2.87. The number of rotatable bonds is 5. The van der Waals surface area contributed by atoms with E-state index < -0.39 is 0 Å². The quantitative estimate of drug-likeness (QED) is 0.888. The van der Waals surface area contributed by atoms with Gasteiger partial charge in [-0.3, -0.25) is 4.79 Å². The Morgan fingerprint density at radius 1 is 1.30 bits per heavy atom. The first kappa shape index (κ1) is 17.2. The maximum atomic E-state index is 12.1. The van der Waals surface area contributed by atoms with Crippen LogP contribution in [0.3, 0.4) is 0 Å². The van der Waals surface area contributed by atoms with Crippen molar-refractivity contribution in [2.75, 3.05) is 0 Å². The fourth-order valence-electron chi connectivity index (χ4n) is 2.19. The third-order valence-corrected chi connectivity index (χ3v) is 3.57. The summed E-state index contributed by atoms with van der Waals surface area (Å²) in [6, 6.07) is 7.88. The van der Waals surface area contributed by atoms with Crippen LogP contribution in [0.25, 0.3) is 0 Å². The minimum absolute atomic E-state index is 0.0807. The van der Waals surface area contributed by atoms with E-state index in [1.807, 2.05) is 52.0 Å². The Kier molecular flexibility index (Phi) is 5.21. The lowest BCUT2D eigenvalue weighted by Gasteiger charge is -2.12. The zero-order valence-corrected chi connectivity index (χ0v) is 14.3. The van der Waals surface area contributed by atoms with Crippen LogP contribution in [0.15, 0.2) is 28.7 Å². The topological polar surface area (TPSA) is 81.2 Å². The summed E-state index contributed by atoms with van der Waals surface area (Å²) in [5.74, 6) is 1.21. The van der Waals surface area contributed by atoms with Crippen molar-refractivity contribution in [3.05, 3.63) is 52.7 Å². The molecule has 0 radical (unpaired) electrons. The summed E-state index contributed by atoms with van der Waals surface area (Å²) in [5, 5.41) is 2.91. The summed E-state index contributed by atoms with van der Waals surface area (Å²) < 4.78 is 5.75. The number of nitrogens with two attached hydrogens (primary N) is 1. The number of nitrogens with zero attached hydrogens (tertiary/aromatic N) is 1. The SMILES string of the molecule is Cc1nc(C(C)(C)C)oc1CC(=O)NCc1cccc(CN)c1. The molecule has 0 bridgehead atoms. The minimum atomic E-state index is -0.165. The highest BCUT2D eigenvalue weighted by atomic mass is 16.4. The molecule has 2 rings (SSSR count). The number of nitrogens with one attached hydrogen (secondary N) is 1. The lowest BCUT2D eigenvalue weighted by Crippen LogP contribution is -2.24. The van der Waals surface area contributed by atoms with Gasteiger partial charge in [-0.2, -0.15) is 0 Å². The number of carbonyl (C=O) groups is 1. The molecule has 0 saturated heterocycles. The van der Waals surface area contributed by atoms with Gasteiger partial charge in [0.05, 0.1) is 12.1 Å². The molecular weight excluding hydrogens is 290 g/mol. The van der Waals surface area contributed by atoms with E-state index in [0.717, 1.165) is 16.8 Å². The van der Waals surface area contributed by atoms with Crippen LogP contribution >= 0.6 is 0 Å². The first-order chi connectivity index (χ1) is 10.8. The zero-order chi connectivity index (χ0) is 17.0. The molecule has 1 amide bonds. The molecule has 5 heteroatoms. The van der Waals surface area contributed by atoms with E-state index in [2.05, 4.69) is 10.3 Å². The Labute approximate surface area is 137 Å². The number of hydrogen-bond acceptors (Lipinski definition) is 4. The summed E-state index contributed by atoms with van der Waals surface area (Å²) in [7, 11) is 0. The molecule has 0 aliphatic carbocycles. The van der Waals surface area contributed by atoms with E-state index in [0.29, 0.717) is 24.7 Å². The fraction of sp³-hybridized carbons (Fsp3) is 0.444. The molecule has 2 aromatic rings. The molecule has 1 heterocycles. The molecule has 3 N–H and O–H groups in total. The molecule has 0 fully saturated rings. The van der Waals surface area contributed by atoms with Gasteiger partial charge in [0.2, 0.25) is 5.91 Å². The van der Waals surface area contributed by atoms with Crippen molar-refractivity contribution in [3.8, 4) is 0 Å². The number of carbonyl (C=O) groups excluding carboxylic acids is 1. The highest BCUT2D eigenvalue weighted by Gasteiger charge is 2.23. The van der Waals surface area contributed by atoms with Crippen molar-refractivity contribution < 1.29 is 9.21 Å². The van der Waals surface area contributed by atoms with Crippen LogP contribution in [-0.2, 0) is 29.7 Å². The lowest BCUT2D eigenvalue weighted by molar-refractivity contribution is -0.120. The molecule has 0 aliphatic heterocycles. The standard InChI is InChI=1S/C18H25N3O2/c1-12-15(23-17(21-12)18(2,3)4)9-16(22)20-11-14-7-5-6-13(8-14)10-19/h5-8H,9-11,19H2,1-4H3,(H,20,22). The van der Waals surface area contributed by atoms with Gasteiger partial charge in [-0.15, -0.1) is 0 Å². The van der Waals surface area contributed by atoms with Crippen LogP contribution in [-0.4, -0.2) is 10.9 Å². The molecular formula is C18H25N3O2. The molecule has 0 spiro atoms. The van der Waals surface area contributed by atoms with Gasteiger partial charge in [0.15, 0.2) is 5.89 Å². The highest BCUT2D eigenvalue weighted by molar-refractivity contribution is 5.78. The maximum absolute atomic E-state index is 12.1. The van der Waals surface area contributed by atoms with Crippen molar-refractivity contribution in [1.29, 1.82) is 0 Å². The van der Waals surface area contributed by atoms with Crippen LogP contribution < -0.4 is 11.1 Å². The third-order valence-electron chi connectivity index (χ3n) is 3.57. The van der Waals surface area contributed by atoms with E-state index in [1.54, 1.807) is 0 Å². The van der Waals surface area contributed by atoms with Crippen LogP contribution in [0.2, 0.25) is 0 Å². The van der Waals surface area contributed by atoms with Crippen LogP contribution in [0.1, 0.15) is 49.2 Å². The smallest absolute Gasteiger partial charge is 0.227 e. The van der Waals surface area contributed by atoms with Crippen molar-refractivity contribution in [2.45, 2.75) is 52.6 Å². The number of oxazole rings is 1. The predicted molar refractivity (Wildman–Crippen MR) is 89.8 cm³/mol. The Morgan fingerprint density at radius 2 is 2.00 bits per heavy atom. The van der Waals surface area contributed by atoms with Crippen molar-refractivity contribution in [3.63, 3.8) is 0 Å². The largest absolute Gasteiger partial charge is 0.444 e. The Balaban J connectivity index is 1.96. The van der Waals surface area contributed by atoms with Gasteiger partial charge in [-0.25, -0.2) is 4.98 Å². The van der Waals surface area contributed by atoms with Gasteiger partial charge in [0, 0.05) is 18.5 Å². The van der Waals surface area contributed by atoms with Crippen LogP contribution in [0.4, 0.5) is 0 Å². The molecule has 1 aromatic heterocycles. The molecule has 1 aromatic carbocycles. The summed E-state index contributed by atoms with van der Waals surface area (Å²) in [6.07, 6.45) is 0.200. The average molecular weight is 315 g/mol. The maximum Gasteiger partial charge on any atom is 0.227 e. The van der Waals surface area contributed by atoms with Crippen LogP contribution in [0.5, 0.6) is 0 Å². The van der Waals surface area contributed by atoms with Crippen molar-refractivity contribution >= 4 is 5.91 Å². The predicted octanol–water partition coefficient (Wildman–Crippen LogP) is 2.60. The van der Waals surface area contributed by atoms with Gasteiger partial charge >= 0.3 is 0 Å². The Morgan fingerprint density at radius 3 is 2.61 bits per heavy atom. The summed E-state index contributed by atoms with van der Waals surface area (Å²) in [6.45, 7) is 8.94. The first-order valence-corrected chi connectivity index (χ1v) is 7.81. The monoisotopic (exact) mass is 315 g/mol. The second-order valence-electron chi connectivity index (χ2n) is 6.76. The van der Waals surface area contributed by atoms with Crippen molar-refractivity contribution in [1.82, 2.24) is 10.3 Å². The van der Waals surface area contributed by atoms with E-state index in [4.69, 9.17) is 10.2 Å². The van der Waals surface area contributed by atoms with Gasteiger partial charge in [0.25, 0.3) is 0 Å². The normalized spacial score (nSPS) is 11.5. The second kappa shape index (κ2) is 6.96. The van der Waals surface area contributed by atoms with E-state index in [1.165, 1.54) is 0 Å². The number of aromatic nitrogens is 1. The summed E-state index contributed by atoms with van der Waals surface area (Å²) >= 11 is 0. The van der Waals surface area contributed by atoms with E-state index in [-0.39, 0.29) is 17.7 Å². The highest BCUT2D eigenvalue weighted by Crippen LogP contribution is 2.24. The second-order valence-corrected chi connectivity index (χ2v) is 6.76. The van der Waals surface area contributed by atoms with E-state index >= 15 is 0 Å².